The standard InChI is InChI=1S/C27H40N2.C16H18.C13H24.2C2H6/c1-9-11-12-13-21(5)19-25-14-16-26(17-15-25)23(7)29-27(10-2)24(8)28-22(6)18-20(3)4;1-2-14-8-7-11-16(13-12-14)15-9-5-3-4-6-10-15;1-5-9-7-10-8-12(11(9)6-2)13(10,3)4;2*1-2/h9,11-17,20,22,27-29H,1,7-8,10,18-19H2,2-6H3;3-7,9,11-13H,2,8,10H2,1H3;9-12H,5-8H2,1-4H3;2*1-2H3/b12-11-,21-13+;;;;/t22?,27-;;;;/m0..../s1. The highest BCUT2D eigenvalue weighted by Gasteiger charge is 2.56. The second-order valence-corrected chi connectivity index (χ2v) is 18.2. The van der Waals surface area contributed by atoms with Crippen LogP contribution in [0, 0.1) is 35.0 Å². The minimum atomic E-state index is 0.165. The molecule has 3 saturated carbocycles. The van der Waals surface area contributed by atoms with E-state index >= 15 is 0 Å². The molecular weight excluding hydrogens is 749 g/mol. The van der Waals surface area contributed by atoms with E-state index in [1.807, 2.05) is 39.8 Å². The molecule has 6 rings (SSSR count). The molecule has 5 aliphatic carbocycles. The van der Waals surface area contributed by atoms with Crippen molar-refractivity contribution in [3.63, 3.8) is 0 Å². The lowest BCUT2D eigenvalue weighted by Crippen LogP contribution is -2.55. The van der Waals surface area contributed by atoms with E-state index in [2.05, 4.69) is 185 Å². The Balaban J connectivity index is 0.000000486. The maximum Gasteiger partial charge on any atom is 0.0651 e. The Labute approximate surface area is 385 Å². The third-order valence-electron chi connectivity index (χ3n) is 13.1. The molecule has 1 aromatic rings. The number of benzene rings is 1. The highest BCUT2D eigenvalue weighted by molar-refractivity contribution is 5.62. The van der Waals surface area contributed by atoms with Gasteiger partial charge in [-0.2, -0.15) is 0 Å². The van der Waals surface area contributed by atoms with E-state index in [4.69, 9.17) is 0 Å². The summed E-state index contributed by atoms with van der Waals surface area (Å²) in [5, 5.41) is 7.10. The molecular formula is C60H94N2. The third kappa shape index (κ3) is 18.7. The monoisotopic (exact) mass is 843 g/mol. The molecule has 0 spiro atoms. The fourth-order valence-electron chi connectivity index (χ4n) is 9.49. The average Bonchev–Trinajstić information content (AvgIpc) is 3.71. The topological polar surface area (TPSA) is 24.1 Å². The van der Waals surface area contributed by atoms with E-state index in [0.29, 0.717) is 17.4 Å². The number of allylic oxidation sites excluding steroid dienone is 17. The van der Waals surface area contributed by atoms with Crippen LogP contribution in [0.3, 0.4) is 0 Å². The van der Waals surface area contributed by atoms with Crippen molar-refractivity contribution in [3.05, 3.63) is 162 Å². The van der Waals surface area contributed by atoms with E-state index in [1.54, 1.807) is 12.5 Å². The number of hydrogen-bond donors (Lipinski definition) is 2. The van der Waals surface area contributed by atoms with Crippen LogP contribution in [0.2, 0.25) is 0 Å². The maximum atomic E-state index is 4.26. The van der Waals surface area contributed by atoms with Gasteiger partial charge in [0.25, 0.3) is 0 Å². The summed E-state index contributed by atoms with van der Waals surface area (Å²) in [6.07, 6.45) is 39.8. The third-order valence-corrected chi connectivity index (χ3v) is 13.1. The lowest BCUT2D eigenvalue weighted by atomic mass is 9.42. The number of nitrogens with one attached hydrogen (secondary N) is 2. The van der Waals surface area contributed by atoms with Gasteiger partial charge in [0.05, 0.1) is 6.04 Å². The zero-order valence-electron chi connectivity index (χ0n) is 42.5. The highest BCUT2D eigenvalue weighted by atomic mass is 15.0. The Bertz CT molecular complexity index is 1710. The van der Waals surface area contributed by atoms with Gasteiger partial charge in [0.15, 0.2) is 0 Å². The summed E-state index contributed by atoms with van der Waals surface area (Å²) in [7, 11) is 0. The van der Waals surface area contributed by atoms with Gasteiger partial charge in [-0.1, -0.05) is 230 Å². The lowest BCUT2D eigenvalue weighted by molar-refractivity contribution is -0.135. The number of rotatable bonds is 17. The van der Waals surface area contributed by atoms with Crippen molar-refractivity contribution in [2.75, 3.05) is 0 Å². The molecule has 5 unspecified atom stereocenters. The summed E-state index contributed by atoms with van der Waals surface area (Å²) in [4.78, 5) is 0. The second kappa shape index (κ2) is 30.9. The van der Waals surface area contributed by atoms with Gasteiger partial charge in [-0.15, -0.1) is 0 Å². The molecule has 5 aliphatic rings. The maximum absolute atomic E-state index is 4.26. The highest BCUT2D eigenvalue weighted by Crippen LogP contribution is 2.64. The molecule has 0 aliphatic heterocycles. The Kier molecular flexibility index (Phi) is 27.9. The van der Waals surface area contributed by atoms with Crippen molar-refractivity contribution >= 4 is 5.70 Å². The lowest BCUT2D eigenvalue weighted by Gasteiger charge is -2.63. The van der Waals surface area contributed by atoms with Gasteiger partial charge in [-0.25, -0.2) is 0 Å². The molecule has 2 heteroatoms. The van der Waals surface area contributed by atoms with Crippen LogP contribution in [0.5, 0.6) is 0 Å². The summed E-state index contributed by atoms with van der Waals surface area (Å²) in [5.41, 5.74) is 10.6. The second-order valence-electron chi connectivity index (χ2n) is 18.2. The molecule has 2 N–H and O–H groups in total. The van der Waals surface area contributed by atoms with Gasteiger partial charge in [-0.3, -0.25) is 0 Å². The van der Waals surface area contributed by atoms with Gasteiger partial charge in [0, 0.05) is 17.4 Å². The Morgan fingerprint density at radius 3 is 2.10 bits per heavy atom. The average molecular weight is 843 g/mol. The normalized spacial score (nSPS) is 21.7. The first-order valence-corrected chi connectivity index (χ1v) is 24.8. The van der Waals surface area contributed by atoms with Crippen LogP contribution in [-0.2, 0) is 6.42 Å². The van der Waals surface area contributed by atoms with Crippen molar-refractivity contribution < 1.29 is 0 Å². The van der Waals surface area contributed by atoms with Crippen molar-refractivity contribution in [1.82, 2.24) is 10.6 Å². The van der Waals surface area contributed by atoms with Crippen LogP contribution in [-0.4, -0.2) is 12.1 Å². The zero-order valence-corrected chi connectivity index (χ0v) is 42.5. The van der Waals surface area contributed by atoms with Crippen LogP contribution in [0.4, 0.5) is 0 Å². The minimum Gasteiger partial charge on any atom is -0.385 e. The Morgan fingerprint density at radius 1 is 0.823 bits per heavy atom. The number of fused-ring (bicyclic) bond motifs is 2. The molecule has 344 valence electrons. The fourth-order valence-corrected chi connectivity index (χ4v) is 9.49. The van der Waals surface area contributed by atoms with Gasteiger partial charge in [-0.05, 0) is 122 Å². The molecule has 2 nitrogen and oxygen atoms in total. The summed E-state index contributed by atoms with van der Waals surface area (Å²) < 4.78 is 0. The van der Waals surface area contributed by atoms with Crippen molar-refractivity contribution in [3.8, 4) is 0 Å². The van der Waals surface area contributed by atoms with Gasteiger partial charge >= 0.3 is 0 Å². The first kappa shape index (κ1) is 56.0. The van der Waals surface area contributed by atoms with Crippen LogP contribution in [0.15, 0.2) is 151 Å². The predicted molar refractivity (Wildman–Crippen MR) is 282 cm³/mol. The summed E-state index contributed by atoms with van der Waals surface area (Å²) >= 11 is 0. The first-order chi connectivity index (χ1) is 29.8. The van der Waals surface area contributed by atoms with E-state index in [-0.39, 0.29) is 6.04 Å². The Hall–Kier alpha value is -4.04. The molecule has 0 saturated heterocycles. The van der Waals surface area contributed by atoms with Gasteiger partial charge in [0.2, 0.25) is 0 Å². The first-order valence-electron chi connectivity index (χ1n) is 24.8. The SMILES string of the molecule is C=C/C=C\C=C(/C)Cc1ccc(C(=C)N[C@@H](CC)C(=C)NC(C)CC(C)C)cc1.CC.CC.CCC1=CC=C(C2=CC=CC=CC2)C=CC1.CCC1CC2CC(C1CC)C2(C)C. The van der Waals surface area contributed by atoms with Gasteiger partial charge in [0.1, 0.15) is 0 Å². The van der Waals surface area contributed by atoms with E-state index in [9.17, 15) is 0 Å². The number of hydrogen-bond acceptors (Lipinski definition) is 2. The summed E-state index contributed by atoms with van der Waals surface area (Å²) in [5.74, 6) is 4.89. The summed E-state index contributed by atoms with van der Waals surface area (Å²) in [6, 6.07) is 9.22. The van der Waals surface area contributed by atoms with E-state index in [0.717, 1.165) is 79.2 Å². The largest absolute Gasteiger partial charge is 0.385 e. The Morgan fingerprint density at radius 2 is 1.52 bits per heavy atom. The van der Waals surface area contributed by atoms with Crippen molar-refractivity contribution in [1.29, 1.82) is 0 Å². The molecule has 3 fully saturated rings. The van der Waals surface area contributed by atoms with Crippen LogP contribution in [0.1, 0.15) is 166 Å². The molecule has 0 amide bonds. The van der Waals surface area contributed by atoms with Gasteiger partial charge < -0.3 is 10.6 Å². The van der Waals surface area contributed by atoms with Crippen LogP contribution >= 0.6 is 0 Å². The summed E-state index contributed by atoms with van der Waals surface area (Å²) in [6.45, 7) is 43.2. The molecule has 1 aromatic carbocycles. The molecule has 2 bridgehead atoms. The molecule has 0 radical (unpaired) electrons. The van der Waals surface area contributed by atoms with Crippen molar-refractivity contribution in [2.45, 2.75) is 173 Å². The molecule has 0 heterocycles. The van der Waals surface area contributed by atoms with Crippen molar-refractivity contribution in [2.24, 2.45) is 35.0 Å². The van der Waals surface area contributed by atoms with E-state index in [1.165, 1.54) is 47.1 Å². The minimum absolute atomic E-state index is 0.165. The van der Waals surface area contributed by atoms with Crippen LogP contribution < -0.4 is 10.6 Å². The van der Waals surface area contributed by atoms with Crippen LogP contribution in [0.25, 0.3) is 5.70 Å². The molecule has 6 atom stereocenters. The molecule has 0 aromatic heterocycles. The zero-order chi connectivity index (χ0) is 46.7. The predicted octanol–water partition coefficient (Wildman–Crippen LogP) is 17.6. The smallest absolute Gasteiger partial charge is 0.0651 e. The quantitative estimate of drug-likeness (QED) is 0.153. The molecule has 62 heavy (non-hydrogen) atoms. The fraction of sp³-hybridized carbons (Fsp3) is 0.533. The van der Waals surface area contributed by atoms with E-state index < -0.39 is 0 Å².